The molecule has 0 aliphatic heterocycles. The van der Waals surface area contributed by atoms with Crippen LogP contribution in [0.15, 0.2) is 34.5 Å². The van der Waals surface area contributed by atoms with Crippen LogP contribution >= 0.6 is 0 Å². The van der Waals surface area contributed by atoms with Gasteiger partial charge >= 0.3 is 0 Å². The van der Waals surface area contributed by atoms with E-state index in [-0.39, 0.29) is 16.6 Å². The molecular formula is C9H6N2O5S. The zero-order valence-electron chi connectivity index (χ0n) is 8.23. The van der Waals surface area contributed by atoms with Crippen LogP contribution in [0.25, 0.3) is 10.9 Å². The van der Waals surface area contributed by atoms with Gasteiger partial charge in [-0.25, -0.2) is 0 Å². The van der Waals surface area contributed by atoms with E-state index in [2.05, 4.69) is 10.2 Å². The number of phenolic OH excluding ortho intramolecular Hbond substituents is 1. The molecule has 0 unspecified atom stereocenters. The first-order valence-electron chi connectivity index (χ1n) is 4.36. The van der Waals surface area contributed by atoms with E-state index in [9.17, 15) is 18.4 Å². The standard InChI is InChI=1S/C9H6N2O5S/c12-9-7(17(14,15)16)4-6(11-13)5-2-1-3-10-8(5)9/h1-4,12H,(H,14,15,16). The van der Waals surface area contributed by atoms with Crippen molar-refractivity contribution < 1.29 is 18.1 Å². The van der Waals surface area contributed by atoms with Crippen molar-refractivity contribution in [1.82, 2.24) is 4.98 Å². The fraction of sp³-hybridized carbons (Fsp3) is 0. The number of pyridine rings is 1. The summed E-state index contributed by atoms with van der Waals surface area (Å²) >= 11 is 0. The average molecular weight is 254 g/mol. The first-order valence-corrected chi connectivity index (χ1v) is 5.80. The Kier molecular flexibility index (Phi) is 2.52. The molecule has 0 fully saturated rings. The number of nitrogens with zero attached hydrogens (tertiary/aromatic N) is 2. The number of hydrogen-bond donors (Lipinski definition) is 2. The van der Waals surface area contributed by atoms with E-state index >= 15 is 0 Å². The highest BCUT2D eigenvalue weighted by Gasteiger charge is 2.21. The molecule has 2 N–H and O–H groups in total. The van der Waals surface area contributed by atoms with Gasteiger partial charge in [-0.15, -0.1) is 4.91 Å². The summed E-state index contributed by atoms with van der Waals surface area (Å²) in [5.74, 6) is -0.713. The van der Waals surface area contributed by atoms with Crippen molar-refractivity contribution in [2.24, 2.45) is 5.18 Å². The van der Waals surface area contributed by atoms with Crippen LogP contribution in [0.5, 0.6) is 5.75 Å². The van der Waals surface area contributed by atoms with E-state index in [1.165, 1.54) is 18.3 Å². The summed E-state index contributed by atoms with van der Waals surface area (Å²) in [6, 6.07) is 3.75. The third-order valence-electron chi connectivity index (χ3n) is 2.19. The van der Waals surface area contributed by atoms with E-state index in [4.69, 9.17) is 4.55 Å². The molecule has 0 radical (unpaired) electrons. The number of phenols is 1. The number of fused-ring (bicyclic) bond motifs is 1. The summed E-state index contributed by atoms with van der Waals surface area (Å²) < 4.78 is 30.9. The molecule has 8 heteroatoms. The number of hydrogen-bond acceptors (Lipinski definition) is 6. The quantitative estimate of drug-likeness (QED) is 0.620. The zero-order valence-corrected chi connectivity index (χ0v) is 9.05. The lowest BCUT2D eigenvalue weighted by atomic mass is 10.1. The molecule has 0 spiro atoms. The van der Waals surface area contributed by atoms with Gasteiger partial charge in [0.25, 0.3) is 10.1 Å². The molecule has 0 saturated carbocycles. The van der Waals surface area contributed by atoms with Gasteiger partial charge in [-0.3, -0.25) is 9.54 Å². The van der Waals surface area contributed by atoms with Crippen molar-refractivity contribution in [2.45, 2.75) is 4.90 Å². The normalized spacial score (nSPS) is 11.6. The highest BCUT2D eigenvalue weighted by Crippen LogP contribution is 2.36. The Balaban J connectivity index is 3.01. The molecule has 0 bridgehead atoms. The molecule has 1 aromatic heterocycles. The van der Waals surface area contributed by atoms with Crippen molar-refractivity contribution in [2.75, 3.05) is 0 Å². The predicted octanol–water partition coefficient (Wildman–Crippen LogP) is 1.58. The van der Waals surface area contributed by atoms with Gasteiger partial charge in [0, 0.05) is 11.6 Å². The lowest BCUT2D eigenvalue weighted by Crippen LogP contribution is -1.99. The van der Waals surface area contributed by atoms with Crippen LogP contribution in [-0.4, -0.2) is 23.1 Å². The summed E-state index contributed by atoms with van der Waals surface area (Å²) in [4.78, 5) is 13.5. The molecule has 0 aliphatic carbocycles. The second-order valence-electron chi connectivity index (χ2n) is 3.21. The van der Waals surface area contributed by atoms with Crippen LogP contribution < -0.4 is 0 Å². The zero-order chi connectivity index (χ0) is 12.6. The van der Waals surface area contributed by atoms with Gasteiger partial charge in [0.05, 0.1) is 0 Å². The maximum atomic E-state index is 11.0. The monoisotopic (exact) mass is 254 g/mol. The maximum Gasteiger partial charge on any atom is 0.298 e. The number of aromatic hydroxyl groups is 1. The number of benzene rings is 1. The molecule has 1 aromatic carbocycles. The lowest BCUT2D eigenvalue weighted by Gasteiger charge is -2.05. The maximum absolute atomic E-state index is 11.0. The number of nitroso groups, excluding NO2 is 1. The van der Waals surface area contributed by atoms with Crippen molar-refractivity contribution in [3.8, 4) is 5.75 Å². The molecule has 0 amide bonds. The SMILES string of the molecule is O=Nc1cc(S(=O)(=O)O)c(O)c2ncccc12. The van der Waals surface area contributed by atoms with Crippen LogP contribution in [0.1, 0.15) is 0 Å². The Morgan fingerprint density at radius 2 is 2.06 bits per heavy atom. The Morgan fingerprint density at radius 3 is 2.65 bits per heavy atom. The Morgan fingerprint density at radius 1 is 1.35 bits per heavy atom. The van der Waals surface area contributed by atoms with E-state index in [0.717, 1.165) is 6.07 Å². The highest BCUT2D eigenvalue weighted by molar-refractivity contribution is 7.86. The minimum absolute atomic E-state index is 0.114. The summed E-state index contributed by atoms with van der Waals surface area (Å²) in [5, 5.41) is 12.5. The van der Waals surface area contributed by atoms with Gasteiger partial charge in [0.1, 0.15) is 16.1 Å². The summed E-state index contributed by atoms with van der Waals surface area (Å²) in [7, 11) is -4.65. The van der Waals surface area contributed by atoms with E-state index in [0.29, 0.717) is 0 Å². The fourth-order valence-electron chi connectivity index (χ4n) is 1.46. The smallest absolute Gasteiger partial charge is 0.298 e. The minimum atomic E-state index is -4.65. The van der Waals surface area contributed by atoms with Gasteiger partial charge in [-0.05, 0) is 23.4 Å². The van der Waals surface area contributed by atoms with E-state index < -0.39 is 20.8 Å². The molecule has 2 aromatic rings. The van der Waals surface area contributed by atoms with Crippen LogP contribution in [0.3, 0.4) is 0 Å². The topological polar surface area (TPSA) is 117 Å². The minimum Gasteiger partial charge on any atom is -0.504 e. The van der Waals surface area contributed by atoms with Crippen molar-refractivity contribution >= 4 is 26.7 Å². The van der Waals surface area contributed by atoms with Crippen molar-refractivity contribution in [3.05, 3.63) is 29.3 Å². The Bertz CT molecular complexity index is 711. The van der Waals surface area contributed by atoms with E-state index in [1.807, 2.05) is 0 Å². The Hall–Kier alpha value is -2.06. The molecule has 7 nitrogen and oxygen atoms in total. The van der Waals surface area contributed by atoms with E-state index in [1.54, 1.807) is 0 Å². The average Bonchev–Trinajstić information content (AvgIpc) is 2.28. The van der Waals surface area contributed by atoms with Crippen LogP contribution in [0, 0.1) is 4.91 Å². The van der Waals surface area contributed by atoms with Crippen LogP contribution in [0.2, 0.25) is 0 Å². The van der Waals surface area contributed by atoms with Crippen LogP contribution in [-0.2, 0) is 10.1 Å². The fourth-order valence-corrected chi connectivity index (χ4v) is 2.06. The van der Waals surface area contributed by atoms with Crippen LogP contribution in [0.4, 0.5) is 5.69 Å². The molecule has 0 saturated heterocycles. The number of aromatic nitrogens is 1. The van der Waals surface area contributed by atoms with Gasteiger partial charge < -0.3 is 5.11 Å². The van der Waals surface area contributed by atoms with Gasteiger partial charge in [0.15, 0.2) is 5.75 Å². The molecule has 0 atom stereocenters. The van der Waals surface area contributed by atoms with Gasteiger partial charge in [-0.1, -0.05) is 0 Å². The molecule has 88 valence electrons. The molecule has 1 heterocycles. The Labute approximate surface area is 95.5 Å². The summed E-state index contributed by atoms with van der Waals surface area (Å²) in [5.41, 5.74) is -0.337. The largest absolute Gasteiger partial charge is 0.504 e. The molecule has 2 rings (SSSR count). The van der Waals surface area contributed by atoms with Crippen molar-refractivity contribution in [1.29, 1.82) is 0 Å². The first-order chi connectivity index (χ1) is 7.95. The summed E-state index contributed by atoms with van der Waals surface area (Å²) in [6.45, 7) is 0. The number of rotatable bonds is 2. The van der Waals surface area contributed by atoms with Crippen molar-refractivity contribution in [3.63, 3.8) is 0 Å². The predicted molar refractivity (Wildman–Crippen MR) is 58.7 cm³/mol. The molecular weight excluding hydrogens is 248 g/mol. The van der Waals surface area contributed by atoms with Gasteiger partial charge in [-0.2, -0.15) is 8.42 Å². The first kappa shape index (κ1) is 11.4. The third-order valence-corrected chi connectivity index (χ3v) is 3.05. The second kappa shape index (κ2) is 3.75. The summed E-state index contributed by atoms with van der Waals surface area (Å²) in [6.07, 6.45) is 1.31. The lowest BCUT2D eigenvalue weighted by molar-refractivity contribution is 0.447. The second-order valence-corrected chi connectivity index (χ2v) is 4.60. The third kappa shape index (κ3) is 1.83. The highest BCUT2D eigenvalue weighted by atomic mass is 32.2. The van der Waals surface area contributed by atoms with Gasteiger partial charge in [0.2, 0.25) is 0 Å². The molecule has 17 heavy (non-hydrogen) atoms. The molecule has 0 aliphatic rings.